The highest BCUT2D eigenvalue weighted by Crippen LogP contribution is 2.49. The molecule has 0 fully saturated rings. The molecule has 0 aliphatic carbocycles. The summed E-state index contributed by atoms with van der Waals surface area (Å²) in [5.74, 6) is 0. The first-order valence-corrected chi connectivity index (χ1v) is 16.9. The second-order valence-electron chi connectivity index (χ2n) is 13.2. The molecular weight excluding hydrogens is 593 g/mol. The van der Waals surface area contributed by atoms with Crippen LogP contribution in [-0.2, 0) is 0 Å². The van der Waals surface area contributed by atoms with Crippen LogP contribution in [0.2, 0.25) is 0 Å². The Labute approximate surface area is 282 Å². The minimum Gasteiger partial charge on any atom is -0.455 e. The van der Waals surface area contributed by atoms with Gasteiger partial charge in [0.1, 0.15) is 11.2 Å². The third kappa shape index (κ3) is 3.76. The van der Waals surface area contributed by atoms with Crippen molar-refractivity contribution in [1.82, 2.24) is 0 Å². The first kappa shape index (κ1) is 26.6. The fourth-order valence-electron chi connectivity index (χ4n) is 8.46. The number of fused-ring (bicyclic) bond motifs is 11. The van der Waals surface area contributed by atoms with Crippen molar-refractivity contribution in [2.75, 3.05) is 0 Å². The topological polar surface area (TPSA) is 13.1 Å². The standard InChI is InChI=1S/C48H28O/c1-4-14-33-29(11-1)21-24-40-42(33)27-31-13-3-5-15-34(31)46(40)47-38-19-9-7-17-36(38)45(37-18-8-10-20-39(37)47)32-23-26-44-43(28-32)41-25-22-30-12-2-6-16-35(30)48(41)49-44/h1-28H. The molecule has 0 saturated heterocycles. The van der Waals surface area contributed by atoms with E-state index in [9.17, 15) is 0 Å². The Hall–Kier alpha value is -6.44. The van der Waals surface area contributed by atoms with E-state index < -0.39 is 0 Å². The van der Waals surface area contributed by atoms with Crippen molar-refractivity contribution in [2.45, 2.75) is 0 Å². The Balaban J connectivity index is 1.27. The second-order valence-corrected chi connectivity index (χ2v) is 13.2. The van der Waals surface area contributed by atoms with Crippen LogP contribution in [0.25, 0.3) is 109 Å². The van der Waals surface area contributed by atoms with Crippen LogP contribution < -0.4 is 0 Å². The molecule has 0 bridgehead atoms. The third-order valence-electron chi connectivity index (χ3n) is 10.6. The molecule has 0 saturated carbocycles. The Morgan fingerprint density at radius 2 is 0.755 bits per heavy atom. The molecule has 11 rings (SSSR count). The molecule has 0 amide bonds. The summed E-state index contributed by atoms with van der Waals surface area (Å²) in [4.78, 5) is 0. The van der Waals surface area contributed by atoms with Crippen molar-refractivity contribution in [1.29, 1.82) is 0 Å². The Morgan fingerprint density at radius 3 is 1.45 bits per heavy atom. The van der Waals surface area contributed by atoms with Gasteiger partial charge in [-0.25, -0.2) is 0 Å². The summed E-state index contributed by atoms with van der Waals surface area (Å²) < 4.78 is 6.52. The predicted molar refractivity (Wildman–Crippen MR) is 210 cm³/mol. The van der Waals surface area contributed by atoms with Gasteiger partial charge in [-0.15, -0.1) is 0 Å². The predicted octanol–water partition coefficient (Wildman–Crippen LogP) is 13.8. The van der Waals surface area contributed by atoms with Crippen LogP contribution in [0.5, 0.6) is 0 Å². The van der Waals surface area contributed by atoms with Crippen LogP contribution in [0.15, 0.2) is 174 Å². The molecule has 1 nitrogen and oxygen atoms in total. The molecular formula is C48H28O. The lowest BCUT2D eigenvalue weighted by molar-refractivity contribution is 0.672. The van der Waals surface area contributed by atoms with Crippen LogP contribution >= 0.6 is 0 Å². The van der Waals surface area contributed by atoms with Crippen molar-refractivity contribution >= 4 is 86.6 Å². The van der Waals surface area contributed by atoms with Gasteiger partial charge in [-0.1, -0.05) is 146 Å². The van der Waals surface area contributed by atoms with Crippen LogP contribution in [0.3, 0.4) is 0 Å². The summed E-state index contributed by atoms with van der Waals surface area (Å²) in [5.41, 5.74) is 6.88. The van der Waals surface area contributed by atoms with E-state index in [1.54, 1.807) is 0 Å². The van der Waals surface area contributed by atoms with E-state index in [1.165, 1.54) is 81.5 Å². The maximum Gasteiger partial charge on any atom is 0.143 e. The number of benzene rings is 10. The minimum absolute atomic E-state index is 0.912. The number of furan rings is 1. The summed E-state index contributed by atoms with van der Waals surface area (Å²) in [7, 11) is 0. The SMILES string of the molecule is c1ccc2c(-c3c4ccccc4c(-c4ccc5oc6c7ccccc7ccc6c5c4)c4ccccc34)c3ccc4ccccc4c3cc2c1. The molecule has 0 N–H and O–H groups in total. The van der Waals surface area contributed by atoms with Gasteiger partial charge in [0.25, 0.3) is 0 Å². The highest BCUT2D eigenvalue weighted by atomic mass is 16.3. The molecule has 1 heterocycles. The lowest BCUT2D eigenvalue weighted by Crippen LogP contribution is -1.93. The molecule has 11 aromatic rings. The van der Waals surface area contributed by atoms with Gasteiger partial charge >= 0.3 is 0 Å². The first-order chi connectivity index (χ1) is 24.3. The van der Waals surface area contributed by atoms with E-state index in [0.717, 1.165) is 27.3 Å². The summed E-state index contributed by atoms with van der Waals surface area (Å²) in [5, 5.41) is 17.3. The van der Waals surface area contributed by atoms with E-state index in [-0.39, 0.29) is 0 Å². The highest BCUT2D eigenvalue weighted by Gasteiger charge is 2.21. The lowest BCUT2D eigenvalue weighted by Gasteiger charge is -2.21. The van der Waals surface area contributed by atoms with E-state index in [4.69, 9.17) is 4.42 Å². The Kier molecular flexibility index (Phi) is 5.45. The van der Waals surface area contributed by atoms with Gasteiger partial charge in [0.05, 0.1) is 0 Å². The van der Waals surface area contributed by atoms with Crippen LogP contribution in [0.4, 0.5) is 0 Å². The maximum absolute atomic E-state index is 6.52. The minimum atomic E-state index is 0.912. The lowest BCUT2D eigenvalue weighted by atomic mass is 9.82. The summed E-state index contributed by atoms with van der Waals surface area (Å²) in [6, 6.07) is 62.2. The van der Waals surface area contributed by atoms with Gasteiger partial charge < -0.3 is 4.42 Å². The summed E-state index contributed by atoms with van der Waals surface area (Å²) in [6.45, 7) is 0. The zero-order chi connectivity index (χ0) is 32.1. The van der Waals surface area contributed by atoms with Gasteiger partial charge in [0.2, 0.25) is 0 Å². The first-order valence-electron chi connectivity index (χ1n) is 16.9. The van der Waals surface area contributed by atoms with E-state index in [0.29, 0.717) is 0 Å². The fourth-order valence-corrected chi connectivity index (χ4v) is 8.46. The summed E-state index contributed by atoms with van der Waals surface area (Å²) in [6.07, 6.45) is 0. The van der Waals surface area contributed by atoms with Gasteiger partial charge in [0, 0.05) is 16.2 Å². The largest absolute Gasteiger partial charge is 0.455 e. The molecule has 0 aliphatic rings. The molecule has 0 atom stereocenters. The Morgan fingerprint density at radius 1 is 0.265 bits per heavy atom. The average molecular weight is 621 g/mol. The molecule has 10 aromatic carbocycles. The average Bonchev–Trinajstić information content (AvgIpc) is 3.55. The van der Waals surface area contributed by atoms with E-state index >= 15 is 0 Å². The molecule has 1 aromatic heterocycles. The fraction of sp³-hybridized carbons (Fsp3) is 0. The second kappa shape index (κ2) is 10.0. The molecule has 0 aliphatic heterocycles. The van der Waals surface area contributed by atoms with Crippen molar-refractivity contribution < 1.29 is 4.42 Å². The molecule has 0 radical (unpaired) electrons. The molecule has 49 heavy (non-hydrogen) atoms. The molecule has 226 valence electrons. The van der Waals surface area contributed by atoms with Crippen molar-refractivity contribution in [3.63, 3.8) is 0 Å². The van der Waals surface area contributed by atoms with E-state index in [2.05, 4.69) is 170 Å². The van der Waals surface area contributed by atoms with Gasteiger partial charge in [-0.3, -0.25) is 0 Å². The highest BCUT2D eigenvalue weighted by molar-refractivity contribution is 6.29. The maximum atomic E-state index is 6.52. The number of hydrogen-bond donors (Lipinski definition) is 0. The third-order valence-corrected chi connectivity index (χ3v) is 10.6. The van der Waals surface area contributed by atoms with Gasteiger partial charge in [-0.2, -0.15) is 0 Å². The van der Waals surface area contributed by atoms with Crippen molar-refractivity contribution in [2.24, 2.45) is 0 Å². The van der Waals surface area contributed by atoms with Gasteiger partial charge in [0.15, 0.2) is 0 Å². The normalized spacial score (nSPS) is 12.1. The smallest absolute Gasteiger partial charge is 0.143 e. The quantitative estimate of drug-likeness (QED) is 0.138. The molecule has 0 spiro atoms. The van der Waals surface area contributed by atoms with Crippen LogP contribution in [0, 0.1) is 0 Å². The monoisotopic (exact) mass is 620 g/mol. The van der Waals surface area contributed by atoms with Gasteiger partial charge in [-0.05, 0) is 106 Å². The number of rotatable bonds is 2. The zero-order valence-corrected chi connectivity index (χ0v) is 26.6. The molecule has 1 heteroatoms. The van der Waals surface area contributed by atoms with E-state index in [1.807, 2.05) is 0 Å². The Bertz CT molecular complexity index is 3100. The molecule has 0 unspecified atom stereocenters. The van der Waals surface area contributed by atoms with Crippen LogP contribution in [-0.4, -0.2) is 0 Å². The van der Waals surface area contributed by atoms with Crippen molar-refractivity contribution in [3.05, 3.63) is 170 Å². The van der Waals surface area contributed by atoms with Crippen molar-refractivity contribution in [3.8, 4) is 22.3 Å². The summed E-state index contributed by atoms with van der Waals surface area (Å²) >= 11 is 0. The zero-order valence-electron chi connectivity index (χ0n) is 26.6. The number of hydrogen-bond acceptors (Lipinski definition) is 1. The van der Waals surface area contributed by atoms with Crippen LogP contribution in [0.1, 0.15) is 0 Å².